The highest BCUT2D eigenvalue weighted by Crippen LogP contribution is 2.16. The van der Waals surface area contributed by atoms with Crippen molar-refractivity contribution in [2.24, 2.45) is 0 Å². The molecule has 422 valence electrons. The number of allylic oxidation sites excluding steroid dienone is 12. The van der Waals surface area contributed by atoms with E-state index >= 15 is 0 Å². The van der Waals surface area contributed by atoms with E-state index in [-0.39, 0.29) is 31.1 Å². The minimum Gasteiger partial charge on any atom is -0.462 e. The molecule has 0 aromatic carbocycles. The van der Waals surface area contributed by atoms with E-state index in [9.17, 15) is 14.4 Å². The van der Waals surface area contributed by atoms with Crippen LogP contribution < -0.4 is 0 Å². The zero-order chi connectivity index (χ0) is 52.9. The molecule has 1 atom stereocenters. The molecule has 0 N–H and O–H groups in total. The minimum atomic E-state index is -0.790. The Labute approximate surface area is 453 Å². The molecule has 1 unspecified atom stereocenters. The number of esters is 3. The molecule has 0 fully saturated rings. The van der Waals surface area contributed by atoms with Gasteiger partial charge in [-0.2, -0.15) is 0 Å². The van der Waals surface area contributed by atoms with Crippen LogP contribution in [0.15, 0.2) is 72.9 Å². The zero-order valence-corrected chi connectivity index (χ0v) is 48.4. The van der Waals surface area contributed by atoms with Crippen molar-refractivity contribution in [3.8, 4) is 0 Å². The van der Waals surface area contributed by atoms with Crippen LogP contribution in [0.3, 0.4) is 0 Å². The fourth-order valence-corrected chi connectivity index (χ4v) is 8.89. The van der Waals surface area contributed by atoms with Crippen molar-refractivity contribution in [2.75, 3.05) is 13.2 Å². The van der Waals surface area contributed by atoms with E-state index in [0.717, 1.165) is 109 Å². The first kappa shape index (κ1) is 69.8. The van der Waals surface area contributed by atoms with Gasteiger partial charge in [-0.3, -0.25) is 14.4 Å². The molecule has 0 aliphatic heterocycles. The van der Waals surface area contributed by atoms with Gasteiger partial charge in [-0.1, -0.05) is 254 Å². The van der Waals surface area contributed by atoms with Crippen molar-refractivity contribution in [3.63, 3.8) is 0 Å². The molecule has 0 bridgehead atoms. The number of carbonyl (C=O) groups excluding carboxylic acids is 3. The Kier molecular flexibility index (Phi) is 58.7. The summed E-state index contributed by atoms with van der Waals surface area (Å²) in [6.07, 6.45) is 79.0. The molecule has 73 heavy (non-hydrogen) atoms. The molecule has 0 saturated heterocycles. The molecule has 0 saturated carbocycles. The molecule has 0 rings (SSSR count). The summed E-state index contributed by atoms with van der Waals surface area (Å²) in [5.41, 5.74) is 0. The number of ether oxygens (including phenoxy) is 3. The first-order chi connectivity index (χ1) is 36.0. The predicted molar refractivity (Wildman–Crippen MR) is 316 cm³/mol. The third-order valence-electron chi connectivity index (χ3n) is 13.7. The molecular weight excluding hydrogens is 901 g/mol. The van der Waals surface area contributed by atoms with Crippen LogP contribution in [0.2, 0.25) is 0 Å². The van der Waals surface area contributed by atoms with Gasteiger partial charge in [0.1, 0.15) is 13.2 Å². The lowest BCUT2D eigenvalue weighted by Crippen LogP contribution is -2.30. The Balaban J connectivity index is 4.37. The molecule has 6 nitrogen and oxygen atoms in total. The zero-order valence-electron chi connectivity index (χ0n) is 48.4. The van der Waals surface area contributed by atoms with Crippen molar-refractivity contribution < 1.29 is 28.6 Å². The lowest BCUT2D eigenvalue weighted by atomic mass is 10.0. The van der Waals surface area contributed by atoms with Crippen molar-refractivity contribution in [1.29, 1.82) is 0 Å². The van der Waals surface area contributed by atoms with Gasteiger partial charge in [0, 0.05) is 19.3 Å². The first-order valence-corrected chi connectivity index (χ1v) is 31.4. The maximum absolute atomic E-state index is 12.9. The molecule has 0 spiro atoms. The van der Waals surface area contributed by atoms with E-state index in [4.69, 9.17) is 14.2 Å². The molecule has 0 aromatic rings. The molecule has 0 aliphatic rings. The first-order valence-electron chi connectivity index (χ1n) is 31.4. The SMILES string of the molecule is CCCCCC/C=C\C/C=C\CCCCCCCC(=O)OCC(COC(=O)CCCCCCCCCCCCC/C=C\C/C=C\CCCCCCC)OC(=O)CCCCCCC/C=C\C/C=C\CCCCCC. The topological polar surface area (TPSA) is 78.9 Å². The lowest BCUT2D eigenvalue weighted by molar-refractivity contribution is -0.167. The van der Waals surface area contributed by atoms with E-state index in [1.165, 1.54) is 167 Å². The van der Waals surface area contributed by atoms with Crippen LogP contribution in [0, 0.1) is 0 Å². The third-order valence-corrected chi connectivity index (χ3v) is 13.7. The highest BCUT2D eigenvalue weighted by atomic mass is 16.6. The van der Waals surface area contributed by atoms with E-state index in [0.29, 0.717) is 19.3 Å². The predicted octanol–water partition coefficient (Wildman–Crippen LogP) is 21.3. The van der Waals surface area contributed by atoms with Gasteiger partial charge >= 0.3 is 17.9 Å². The molecular formula is C67H118O6. The summed E-state index contributed by atoms with van der Waals surface area (Å²) in [5, 5.41) is 0. The standard InChI is InChI=1S/C67H118O6/c1-4-7-10-13-16-19-22-25-28-31-32-33-34-35-36-37-40-42-45-48-51-54-57-60-66(69)72-63-64(73-67(70)61-58-55-52-49-46-43-39-30-27-24-21-18-15-12-9-6-3)62-71-65(68)59-56-53-50-47-44-41-38-29-26-23-20-17-14-11-8-5-2/h20-25,29-32,38-39,64H,4-19,26-28,33-37,40-63H2,1-3H3/b23-20-,24-21-,25-22-,32-31-,38-29-,39-30-. The lowest BCUT2D eigenvalue weighted by Gasteiger charge is -2.18. The second-order valence-corrected chi connectivity index (χ2v) is 21.0. The fraction of sp³-hybridized carbons (Fsp3) is 0.776. The molecule has 0 radical (unpaired) electrons. The molecule has 6 heteroatoms. The van der Waals surface area contributed by atoms with Gasteiger partial charge < -0.3 is 14.2 Å². The van der Waals surface area contributed by atoms with Crippen LogP contribution in [-0.2, 0) is 28.6 Å². The third kappa shape index (κ3) is 59.6. The smallest absolute Gasteiger partial charge is 0.306 e. The Morgan fingerprint density at radius 1 is 0.274 bits per heavy atom. The Morgan fingerprint density at radius 2 is 0.493 bits per heavy atom. The van der Waals surface area contributed by atoms with E-state index < -0.39 is 6.10 Å². The summed E-state index contributed by atoms with van der Waals surface area (Å²) < 4.78 is 16.9. The van der Waals surface area contributed by atoms with Crippen molar-refractivity contribution in [1.82, 2.24) is 0 Å². The maximum Gasteiger partial charge on any atom is 0.306 e. The highest BCUT2D eigenvalue weighted by Gasteiger charge is 2.19. The van der Waals surface area contributed by atoms with Crippen LogP contribution in [0.1, 0.15) is 316 Å². The van der Waals surface area contributed by atoms with Crippen molar-refractivity contribution in [3.05, 3.63) is 72.9 Å². The number of hydrogen-bond acceptors (Lipinski definition) is 6. The van der Waals surface area contributed by atoms with Crippen LogP contribution in [0.25, 0.3) is 0 Å². The summed E-state index contributed by atoms with van der Waals surface area (Å²) >= 11 is 0. The highest BCUT2D eigenvalue weighted by molar-refractivity contribution is 5.71. The Bertz CT molecular complexity index is 1360. The van der Waals surface area contributed by atoms with Gasteiger partial charge in [0.15, 0.2) is 6.10 Å². The number of hydrogen-bond donors (Lipinski definition) is 0. The molecule has 0 amide bonds. The Morgan fingerprint density at radius 3 is 0.767 bits per heavy atom. The van der Waals surface area contributed by atoms with E-state index in [1.54, 1.807) is 0 Å². The van der Waals surface area contributed by atoms with Crippen molar-refractivity contribution in [2.45, 2.75) is 322 Å². The van der Waals surface area contributed by atoms with Gasteiger partial charge in [-0.15, -0.1) is 0 Å². The summed E-state index contributed by atoms with van der Waals surface area (Å²) in [6, 6.07) is 0. The van der Waals surface area contributed by atoms with Gasteiger partial charge in [-0.05, 0) is 116 Å². The summed E-state index contributed by atoms with van der Waals surface area (Å²) in [4.78, 5) is 38.3. The van der Waals surface area contributed by atoms with Gasteiger partial charge in [0.25, 0.3) is 0 Å². The number of rotatable bonds is 57. The van der Waals surface area contributed by atoms with Crippen LogP contribution in [0.4, 0.5) is 0 Å². The van der Waals surface area contributed by atoms with E-state index in [2.05, 4.69) is 93.7 Å². The summed E-state index contributed by atoms with van der Waals surface area (Å²) in [6.45, 7) is 6.60. The Hall–Kier alpha value is -3.15. The average Bonchev–Trinajstić information content (AvgIpc) is 3.39. The van der Waals surface area contributed by atoms with Crippen LogP contribution >= 0.6 is 0 Å². The quantitative estimate of drug-likeness (QED) is 0.0261. The monoisotopic (exact) mass is 1020 g/mol. The largest absolute Gasteiger partial charge is 0.462 e. The summed E-state index contributed by atoms with van der Waals surface area (Å²) in [5.74, 6) is -0.903. The van der Waals surface area contributed by atoms with Gasteiger partial charge in [-0.25, -0.2) is 0 Å². The molecule has 0 heterocycles. The minimum absolute atomic E-state index is 0.0858. The number of unbranched alkanes of at least 4 members (excludes halogenated alkanes) is 34. The van der Waals surface area contributed by atoms with Gasteiger partial charge in [0.2, 0.25) is 0 Å². The van der Waals surface area contributed by atoms with Gasteiger partial charge in [0.05, 0.1) is 0 Å². The molecule has 0 aliphatic carbocycles. The summed E-state index contributed by atoms with van der Waals surface area (Å²) in [7, 11) is 0. The second kappa shape index (κ2) is 61.4. The molecule has 0 aromatic heterocycles. The van der Waals surface area contributed by atoms with Crippen LogP contribution in [0.5, 0.6) is 0 Å². The van der Waals surface area contributed by atoms with Crippen LogP contribution in [-0.4, -0.2) is 37.2 Å². The normalized spacial score (nSPS) is 12.5. The van der Waals surface area contributed by atoms with Crippen molar-refractivity contribution >= 4 is 17.9 Å². The van der Waals surface area contributed by atoms with E-state index in [1.807, 2.05) is 0 Å². The second-order valence-electron chi connectivity index (χ2n) is 21.0. The number of carbonyl (C=O) groups is 3. The maximum atomic E-state index is 12.9. The average molecular weight is 1020 g/mol. The fourth-order valence-electron chi connectivity index (χ4n) is 8.89.